The molecule has 0 saturated heterocycles. The van der Waals surface area contributed by atoms with E-state index in [9.17, 15) is 4.79 Å². The smallest absolute Gasteiger partial charge is 0.251 e. The standard InChI is InChI=1S/C23H22N4O/c28-23(25-16-22-26-20-8-4-5-9-21(20)27-22)19-12-10-18(11-13-19)15-24-14-17-6-2-1-3-7-17/h1-13,24H,14-16H2,(H,25,28)(H,26,27). The number of para-hydroxylation sites is 2. The molecule has 0 aliphatic carbocycles. The van der Waals surface area contributed by atoms with Crippen LogP contribution >= 0.6 is 0 Å². The average molecular weight is 370 g/mol. The van der Waals surface area contributed by atoms with Crippen LogP contribution in [-0.4, -0.2) is 15.9 Å². The van der Waals surface area contributed by atoms with Crippen molar-refractivity contribution in [2.24, 2.45) is 0 Å². The van der Waals surface area contributed by atoms with Crippen LogP contribution in [0.15, 0.2) is 78.9 Å². The zero-order valence-electron chi connectivity index (χ0n) is 15.5. The van der Waals surface area contributed by atoms with Gasteiger partial charge < -0.3 is 15.6 Å². The molecule has 3 N–H and O–H groups in total. The lowest BCUT2D eigenvalue weighted by Gasteiger charge is -2.07. The van der Waals surface area contributed by atoms with Crippen LogP contribution in [0.5, 0.6) is 0 Å². The predicted molar refractivity (Wildman–Crippen MR) is 111 cm³/mol. The molecule has 3 aromatic carbocycles. The van der Waals surface area contributed by atoms with Gasteiger partial charge >= 0.3 is 0 Å². The summed E-state index contributed by atoms with van der Waals surface area (Å²) in [5.41, 5.74) is 4.91. The van der Waals surface area contributed by atoms with Crippen molar-refractivity contribution in [3.05, 3.63) is 101 Å². The molecular formula is C23H22N4O. The number of nitrogens with zero attached hydrogens (tertiary/aromatic N) is 1. The Morgan fingerprint density at radius 2 is 1.46 bits per heavy atom. The first-order valence-corrected chi connectivity index (χ1v) is 9.33. The van der Waals surface area contributed by atoms with Crippen LogP contribution in [0.25, 0.3) is 11.0 Å². The number of hydrogen-bond donors (Lipinski definition) is 3. The van der Waals surface area contributed by atoms with E-state index in [1.807, 2.05) is 66.7 Å². The van der Waals surface area contributed by atoms with Crippen molar-refractivity contribution in [3.8, 4) is 0 Å². The van der Waals surface area contributed by atoms with Gasteiger partial charge in [0.25, 0.3) is 5.91 Å². The predicted octanol–water partition coefficient (Wildman–Crippen LogP) is 3.78. The summed E-state index contributed by atoms with van der Waals surface area (Å²) in [6.07, 6.45) is 0. The molecule has 0 saturated carbocycles. The van der Waals surface area contributed by atoms with Crippen molar-refractivity contribution in [2.45, 2.75) is 19.6 Å². The van der Waals surface area contributed by atoms with Crippen molar-refractivity contribution in [3.63, 3.8) is 0 Å². The number of hydrogen-bond acceptors (Lipinski definition) is 3. The number of nitrogens with one attached hydrogen (secondary N) is 3. The summed E-state index contributed by atoms with van der Waals surface area (Å²) < 4.78 is 0. The molecule has 0 unspecified atom stereocenters. The summed E-state index contributed by atoms with van der Waals surface area (Å²) in [5.74, 6) is 0.639. The van der Waals surface area contributed by atoms with Crippen molar-refractivity contribution in [1.82, 2.24) is 20.6 Å². The third-order valence-corrected chi connectivity index (χ3v) is 4.57. The Kier molecular flexibility index (Phi) is 5.45. The summed E-state index contributed by atoms with van der Waals surface area (Å²) in [7, 11) is 0. The third-order valence-electron chi connectivity index (χ3n) is 4.57. The molecule has 0 spiro atoms. The van der Waals surface area contributed by atoms with Gasteiger partial charge in [0.2, 0.25) is 0 Å². The van der Waals surface area contributed by atoms with E-state index in [1.54, 1.807) is 0 Å². The Morgan fingerprint density at radius 3 is 2.21 bits per heavy atom. The van der Waals surface area contributed by atoms with Crippen molar-refractivity contribution >= 4 is 16.9 Å². The largest absolute Gasteiger partial charge is 0.345 e. The number of H-pyrrole nitrogens is 1. The summed E-state index contributed by atoms with van der Waals surface area (Å²) in [4.78, 5) is 20.1. The average Bonchev–Trinajstić information content (AvgIpc) is 3.16. The van der Waals surface area contributed by atoms with Gasteiger partial charge in [-0.25, -0.2) is 4.98 Å². The number of aromatic nitrogens is 2. The topological polar surface area (TPSA) is 69.8 Å². The number of benzene rings is 3. The molecule has 1 heterocycles. The van der Waals surface area contributed by atoms with Crippen molar-refractivity contribution < 1.29 is 4.79 Å². The van der Waals surface area contributed by atoms with E-state index in [1.165, 1.54) is 5.56 Å². The first-order chi connectivity index (χ1) is 13.8. The zero-order valence-corrected chi connectivity index (χ0v) is 15.5. The number of carbonyl (C=O) groups is 1. The number of carbonyl (C=O) groups excluding carboxylic acids is 1. The molecule has 0 radical (unpaired) electrons. The molecule has 5 nitrogen and oxygen atoms in total. The molecule has 140 valence electrons. The second-order valence-corrected chi connectivity index (χ2v) is 6.67. The van der Waals surface area contributed by atoms with E-state index >= 15 is 0 Å². The maximum atomic E-state index is 12.4. The fourth-order valence-electron chi connectivity index (χ4n) is 3.08. The van der Waals surface area contributed by atoms with E-state index in [0.717, 1.165) is 35.5 Å². The van der Waals surface area contributed by atoms with Crippen LogP contribution in [-0.2, 0) is 19.6 Å². The zero-order chi connectivity index (χ0) is 19.2. The second-order valence-electron chi connectivity index (χ2n) is 6.67. The van der Waals surface area contributed by atoms with Crippen LogP contribution in [0, 0.1) is 0 Å². The highest BCUT2D eigenvalue weighted by molar-refractivity contribution is 5.94. The van der Waals surface area contributed by atoms with Gasteiger partial charge in [-0.05, 0) is 35.4 Å². The molecule has 0 atom stereocenters. The number of imidazole rings is 1. The van der Waals surface area contributed by atoms with Crippen LogP contribution in [0.2, 0.25) is 0 Å². The van der Waals surface area contributed by atoms with E-state index in [2.05, 4.69) is 32.7 Å². The highest BCUT2D eigenvalue weighted by Gasteiger charge is 2.07. The van der Waals surface area contributed by atoms with Gasteiger partial charge in [-0.15, -0.1) is 0 Å². The minimum atomic E-state index is -0.107. The summed E-state index contributed by atoms with van der Waals surface area (Å²) >= 11 is 0. The lowest BCUT2D eigenvalue weighted by atomic mass is 10.1. The molecule has 4 aromatic rings. The van der Waals surface area contributed by atoms with Crippen LogP contribution in [0.3, 0.4) is 0 Å². The molecule has 4 rings (SSSR count). The molecule has 28 heavy (non-hydrogen) atoms. The van der Waals surface area contributed by atoms with Gasteiger partial charge in [0.05, 0.1) is 17.6 Å². The maximum Gasteiger partial charge on any atom is 0.251 e. The SMILES string of the molecule is O=C(NCc1nc2ccccc2[nH]1)c1ccc(CNCc2ccccc2)cc1. The first kappa shape index (κ1) is 17.9. The van der Waals surface area contributed by atoms with Gasteiger partial charge in [0, 0.05) is 18.7 Å². The van der Waals surface area contributed by atoms with Gasteiger partial charge in [-0.2, -0.15) is 0 Å². The highest BCUT2D eigenvalue weighted by Crippen LogP contribution is 2.10. The maximum absolute atomic E-state index is 12.4. The number of aromatic amines is 1. The van der Waals surface area contributed by atoms with Crippen LogP contribution in [0.1, 0.15) is 27.3 Å². The van der Waals surface area contributed by atoms with E-state index in [-0.39, 0.29) is 5.91 Å². The third kappa shape index (κ3) is 4.45. The quantitative estimate of drug-likeness (QED) is 0.464. The highest BCUT2D eigenvalue weighted by atomic mass is 16.1. The Bertz CT molecular complexity index is 1020. The van der Waals surface area contributed by atoms with Gasteiger partial charge in [-0.3, -0.25) is 4.79 Å². The second kappa shape index (κ2) is 8.50. The van der Waals surface area contributed by atoms with Crippen LogP contribution < -0.4 is 10.6 Å². The number of fused-ring (bicyclic) bond motifs is 1. The first-order valence-electron chi connectivity index (χ1n) is 9.33. The van der Waals surface area contributed by atoms with Crippen LogP contribution in [0.4, 0.5) is 0 Å². The van der Waals surface area contributed by atoms with Gasteiger partial charge in [0.1, 0.15) is 5.82 Å². The molecule has 1 aromatic heterocycles. The monoisotopic (exact) mass is 370 g/mol. The molecule has 1 amide bonds. The minimum Gasteiger partial charge on any atom is -0.345 e. The molecule has 0 aliphatic rings. The molecular weight excluding hydrogens is 348 g/mol. The minimum absolute atomic E-state index is 0.107. The fourth-order valence-corrected chi connectivity index (χ4v) is 3.08. The Balaban J connectivity index is 1.28. The summed E-state index contributed by atoms with van der Waals surface area (Å²) in [6, 6.07) is 25.8. The Labute approximate surface area is 163 Å². The normalized spacial score (nSPS) is 10.9. The Hall–Kier alpha value is -3.44. The summed E-state index contributed by atoms with van der Waals surface area (Å²) in [5, 5.41) is 6.33. The molecule has 0 bridgehead atoms. The molecule has 0 aliphatic heterocycles. The summed E-state index contributed by atoms with van der Waals surface area (Å²) in [6.45, 7) is 1.95. The van der Waals surface area contributed by atoms with E-state index < -0.39 is 0 Å². The number of rotatable bonds is 7. The van der Waals surface area contributed by atoms with E-state index in [4.69, 9.17) is 0 Å². The van der Waals surface area contributed by atoms with E-state index in [0.29, 0.717) is 12.1 Å². The number of amides is 1. The lowest BCUT2D eigenvalue weighted by Crippen LogP contribution is -2.23. The molecule has 0 fully saturated rings. The van der Waals surface area contributed by atoms with Crippen molar-refractivity contribution in [2.75, 3.05) is 0 Å². The van der Waals surface area contributed by atoms with Gasteiger partial charge in [0.15, 0.2) is 0 Å². The molecule has 5 heteroatoms. The fraction of sp³-hybridized carbons (Fsp3) is 0.130. The Morgan fingerprint density at radius 1 is 0.786 bits per heavy atom. The lowest BCUT2D eigenvalue weighted by molar-refractivity contribution is 0.0950. The van der Waals surface area contributed by atoms with Gasteiger partial charge in [-0.1, -0.05) is 54.6 Å². The van der Waals surface area contributed by atoms with Crippen molar-refractivity contribution in [1.29, 1.82) is 0 Å².